The van der Waals surface area contributed by atoms with Crippen molar-refractivity contribution in [3.63, 3.8) is 0 Å². The lowest BCUT2D eigenvalue weighted by atomic mass is 9.88. The molecule has 1 amide bonds. The Morgan fingerprint density at radius 1 is 1.45 bits per heavy atom. The maximum Gasteiger partial charge on any atom is 0.341 e. The Hall–Kier alpha value is -1.07. The first-order chi connectivity index (χ1) is 10.6. The Morgan fingerprint density at radius 3 is 2.91 bits per heavy atom. The van der Waals surface area contributed by atoms with Crippen LogP contribution in [0.3, 0.4) is 0 Å². The van der Waals surface area contributed by atoms with Crippen LogP contribution in [0, 0.1) is 5.92 Å². The summed E-state index contributed by atoms with van der Waals surface area (Å²) in [5, 5.41) is 3.46. The lowest BCUT2D eigenvalue weighted by Gasteiger charge is -2.18. The Balaban J connectivity index is 2.30. The number of hydrogen-bond donors (Lipinski definition) is 1. The molecule has 22 heavy (non-hydrogen) atoms. The number of halogens is 1. The number of thiophene rings is 1. The molecule has 1 N–H and O–H groups in total. The van der Waals surface area contributed by atoms with Gasteiger partial charge in [-0.15, -0.1) is 22.9 Å². The van der Waals surface area contributed by atoms with Crippen LogP contribution in [-0.4, -0.2) is 24.4 Å². The summed E-state index contributed by atoms with van der Waals surface area (Å²) in [6, 6.07) is 0. The second-order valence-corrected chi connectivity index (χ2v) is 7.16. The summed E-state index contributed by atoms with van der Waals surface area (Å²) in [6.45, 7) is 4.57. The standard InChI is InChI=1S/C16H22ClNO3S/c1-3-8-21-16(20)14-11-5-4-10(2)9-12(11)22-15(14)18-13(19)6-7-17/h10H,3-9H2,1-2H3,(H,18,19). The molecule has 1 atom stereocenters. The predicted molar refractivity (Wildman–Crippen MR) is 90.0 cm³/mol. The molecule has 0 saturated heterocycles. The average Bonchev–Trinajstić information content (AvgIpc) is 2.81. The third-order valence-electron chi connectivity index (χ3n) is 3.73. The molecule has 0 spiro atoms. The summed E-state index contributed by atoms with van der Waals surface area (Å²) in [4.78, 5) is 25.4. The lowest BCUT2D eigenvalue weighted by Crippen LogP contribution is -2.17. The minimum Gasteiger partial charge on any atom is -0.462 e. The number of alkyl halides is 1. The molecule has 0 fully saturated rings. The van der Waals surface area contributed by atoms with E-state index in [0.29, 0.717) is 23.1 Å². The van der Waals surface area contributed by atoms with E-state index < -0.39 is 0 Å². The first kappa shape index (κ1) is 17.3. The largest absolute Gasteiger partial charge is 0.462 e. The van der Waals surface area contributed by atoms with Gasteiger partial charge in [-0.2, -0.15) is 0 Å². The molecule has 2 rings (SSSR count). The van der Waals surface area contributed by atoms with E-state index >= 15 is 0 Å². The number of hydrogen-bond acceptors (Lipinski definition) is 4. The smallest absolute Gasteiger partial charge is 0.341 e. The first-order valence-electron chi connectivity index (χ1n) is 7.74. The van der Waals surface area contributed by atoms with Crippen LogP contribution in [0.15, 0.2) is 0 Å². The van der Waals surface area contributed by atoms with Crippen LogP contribution in [0.4, 0.5) is 5.00 Å². The van der Waals surface area contributed by atoms with Crippen molar-refractivity contribution in [3.05, 3.63) is 16.0 Å². The van der Waals surface area contributed by atoms with E-state index in [4.69, 9.17) is 16.3 Å². The molecule has 1 aliphatic rings. The van der Waals surface area contributed by atoms with Crippen molar-refractivity contribution in [1.29, 1.82) is 0 Å². The molecular formula is C16H22ClNO3S. The molecule has 0 saturated carbocycles. The summed E-state index contributed by atoms with van der Waals surface area (Å²) in [5.41, 5.74) is 1.62. The van der Waals surface area contributed by atoms with E-state index in [1.54, 1.807) is 0 Å². The summed E-state index contributed by atoms with van der Waals surface area (Å²) in [5.74, 6) is 0.391. The average molecular weight is 344 g/mol. The second-order valence-electron chi connectivity index (χ2n) is 5.68. The lowest BCUT2D eigenvalue weighted by molar-refractivity contribution is -0.115. The van der Waals surface area contributed by atoms with Crippen LogP contribution in [-0.2, 0) is 22.4 Å². The highest BCUT2D eigenvalue weighted by molar-refractivity contribution is 7.17. The monoisotopic (exact) mass is 343 g/mol. The molecule has 1 unspecified atom stereocenters. The normalized spacial score (nSPS) is 17.0. The molecule has 1 aromatic rings. The van der Waals surface area contributed by atoms with Crippen LogP contribution < -0.4 is 5.32 Å². The molecule has 4 nitrogen and oxygen atoms in total. The van der Waals surface area contributed by atoms with Crippen molar-refractivity contribution in [2.45, 2.75) is 46.0 Å². The highest BCUT2D eigenvalue weighted by Gasteiger charge is 2.29. The molecule has 0 aromatic carbocycles. The molecule has 0 radical (unpaired) electrons. The fourth-order valence-electron chi connectivity index (χ4n) is 2.60. The fraction of sp³-hybridized carbons (Fsp3) is 0.625. The maximum atomic E-state index is 12.4. The summed E-state index contributed by atoms with van der Waals surface area (Å²) >= 11 is 7.11. The highest BCUT2D eigenvalue weighted by Crippen LogP contribution is 2.40. The van der Waals surface area contributed by atoms with Gasteiger partial charge in [0, 0.05) is 17.2 Å². The number of rotatable bonds is 6. The van der Waals surface area contributed by atoms with Crippen molar-refractivity contribution in [2.75, 3.05) is 17.8 Å². The van der Waals surface area contributed by atoms with E-state index in [1.807, 2.05) is 6.92 Å². The van der Waals surface area contributed by atoms with Gasteiger partial charge >= 0.3 is 5.97 Å². The van der Waals surface area contributed by atoms with Gasteiger partial charge in [0.15, 0.2) is 0 Å². The zero-order valence-electron chi connectivity index (χ0n) is 13.0. The van der Waals surface area contributed by atoms with Crippen LogP contribution in [0.2, 0.25) is 0 Å². The van der Waals surface area contributed by atoms with Gasteiger partial charge < -0.3 is 10.1 Å². The van der Waals surface area contributed by atoms with Crippen molar-refractivity contribution >= 4 is 39.8 Å². The second kappa shape index (κ2) is 7.97. The van der Waals surface area contributed by atoms with E-state index in [1.165, 1.54) is 16.2 Å². The third-order valence-corrected chi connectivity index (χ3v) is 5.09. The Labute approximate surface area is 140 Å². The van der Waals surface area contributed by atoms with Crippen molar-refractivity contribution < 1.29 is 14.3 Å². The molecule has 1 aromatic heterocycles. The van der Waals surface area contributed by atoms with Crippen molar-refractivity contribution in [2.24, 2.45) is 5.92 Å². The van der Waals surface area contributed by atoms with Crippen molar-refractivity contribution in [1.82, 2.24) is 0 Å². The summed E-state index contributed by atoms with van der Waals surface area (Å²) in [6.07, 6.45) is 3.91. The van der Waals surface area contributed by atoms with Gasteiger partial charge in [-0.3, -0.25) is 4.79 Å². The fourth-order valence-corrected chi connectivity index (χ4v) is 4.18. The molecule has 1 heterocycles. The van der Waals surface area contributed by atoms with Gasteiger partial charge in [0.2, 0.25) is 5.91 Å². The Kier molecular flexibility index (Phi) is 6.26. The van der Waals surface area contributed by atoms with Gasteiger partial charge in [0.1, 0.15) is 5.00 Å². The maximum absolute atomic E-state index is 12.4. The summed E-state index contributed by atoms with van der Waals surface area (Å²) < 4.78 is 5.30. The van der Waals surface area contributed by atoms with Crippen LogP contribution in [0.1, 0.15) is 53.9 Å². The number of amides is 1. The quantitative estimate of drug-likeness (QED) is 0.627. The number of fused-ring (bicyclic) bond motifs is 1. The molecule has 6 heteroatoms. The number of carbonyl (C=O) groups is 2. The minimum atomic E-state index is -0.324. The van der Waals surface area contributed by atoms with E-state index in [-0.39, 0.29) is 24.2 Å². The number of nitrogens with one attached hydrogen (secondary N) is 1. The molecular weight excluding hydrogens is 322 g/mol. The van der Waals surface area contributed by atoms with Gasteiger partial charge in [-0.1, -0.05) is 13.8 Å². The first-order valence-corrected chi connectivity index (χ1v) is 9.09. The molecule has 0 aliphatic heterocycles. The van der Waals surface area contributed by atoms with E-state index in [9.17, 15) is 9.59 Å². The van der Waals surface area contributed by atoms with Gasteiger partial charge in [-0.05, 0) is 37.2 Å². The third kappa shape index (κ3) is 4.02. The molecule has 122 valence electrons. The highest BCUT2D eigenvalue weighted by atomic mass is 35.5. The van der Waals surface area contributed by atoms with Gasteiger partial charge in [0.05, 0.1) is 12.2 Å². The van der Waals surface area contributed by atoms with Crippen molar-refractivity contribution in [3.8, 4) is 0 Å². The van der Waals surface area contributed by atoms with E-state index in [2.05, 4.69) is 12.2 Å². The SMILES string of the molecule is CCCOC(=O)c1c(NC(=O)CCCl)sc2c1CCC(C)C2. The zero-order valence-corrected chi connectivity index (χ0v) is 14.6. The Bertz CT molecular complexity index is 556. The topological polar surface area (TPSA) is 55.4 Å². The zero-order chi connectivity index (χ0) is 16.1. The van der Waals surface area contributed by atoms with E-state index in [0.717, 1.165) is 31.2 Å². The van der Waals surface area contributed by atoms with Gasteiger partial charge in [0.25, 0.3) is 0 Å². The molecule has 1 aliphatic carbocycles. The minimum absolute atomic E-state index is 0.161. The molecule has 0 bridgehead atoms. The number of carbonyl (C=O) groups excluding carboxylic acids is 2. The van der Waals surface area contributed by atoms with Crippen LogP contribution >= 0.6 is 22.9 Å². The Morgan fingerprint density at radius 2 is 2.23 bits per heavy atom. The number of ether oxygens (including phenoxy) is 1. The van der Waals surface area contributed by atoms with Crippen LogP contribution in [0.25, 0.3) is 0 Å². The van der Waals surface area contributed by atoms with Crippen LogP contribution in [0.5, 0.6) is 0 Å². The summed E-state index contributed by atoms with van der Waals surface area (Å²) in [7, 11) is 0. The van der Waals surface area contributed by atoms with Gasteiger partial charge in [-0.25, -0.2) is 4.79 Å². The number of anilines is 1. The number of esters is 1. The predicted octanol–water partition coefficient (Wildman–Crippen LogP) is 4.01.